The molecule has 5 rings (SSSR count). The monoisotopic (exact) mass is 642 g/mol. The van der Waals surface area contributed by atoms with Crippen LogP contribution in [0.15, 0.2) is 34.3 Å². The molecule has 0 radical (unpaired) electrons. The summed E-state index contributed by atoms with van der Waals surface area (Å²) in [4.78, 5) is 14.0. The molecule has 4 fully saturated rings. The second-order valence-corrected chi connectivity index (χ2v) is 17.8. The van der Waals surface area contributed by atoms with Crippen molar-refractivity contribution in [2.75, 3.05) is 0 Å². The van der Waals surface area contributed by atoms with Gasteiger partial charge in [0.25, 0.3) is 0 Å². The van der Waals surface area contributed by atoms with Gasteiger partial charge in [-0.3, -0.25) is 4.79 Å². The molecule has 1 aromatic rings. The fourth-order valence-corrected chi connectivity index (χ4v) is 11.5. The number of carbonyl (C=O) groups is 1. The number of rotatable bonds is 6. The van der Waals surface area contributed by atoms with Crippen LogP contribution in [0, 0.1) is 45.3 Å². The molecule has 4 aliphatic rings. The maximum Gasteiger partial charge on any atom is 0.164 e. The van der Waals surface area contributed by atoms with Crippen molar-refractivity contribution < 1.29 is 20.1 Å². The summed E-state index contributed by atoms with van der Waals surface area (Å²) in [7, 11) is 0. The molecule has 5 heteroatoms. The predicted molar refractivity (Wildman–Crippen MR) is 174 cm³/mol. The highest BCUT2D eigenvalue weighted by Gasteiger charge is 2.71. The van der Waals surface area contributed by atoms with E-state index in [9.17, 15) is 20.1 Å². The smallest absolute Gasteiger partial charge is 0.164 e. The summed E-state index contributed by atoms with van der Waals surface area (Å²) in [5, 5.41) is 34.2. The summed E-state index contributed by atoms with van der Waals surface area (Å²) in [5.41, 5.74) is -0.272. The van der Waals surface area contributed by atoms with Crippen LogP contribution in [0.1, 0.15) is 119 Å². The van der Waals surface area contributed by atoms with Crippen LogP contribution in [0.25, 0.3) is 6.08 Å². The summed E-state index contributed by atoms with van der Waals surface area (Å²) < 4.78 is 1.03. The molecule has 4 aliphatic carbocycles. The fourth-order valence-electron chi connectivity index (χ4n) is 11.3. The fraction of sp³-hybridized carbons (Fsp3) is 0.757. The van der Waals surface area contributed by atoms with Crippen molar-refractivity contribution in [1.82, 2.24) is 0 Å². The van der Waals surface area contributed by atoms with Gasteiger partial charge in [-0.05, 0) is 148 Å². The molecule has 0 spiro atoms. The van der Waals surface area contributed by atoms with Crippen LogP contribution in [0.4, 0.5) is 0 Å². The van der Waals surface area contributed by atoms with Crippen molar-refractivity contribution in [3.05, 3.63) is 39.9 Å². The predicted octanol–water partition coefficient (Wildman–Crippen LogP) is 8.36. The molecule has 0 heterocycles. The number of ketones is 1. The molecular formula is C37H55BrO4. The van der Waals surface area contributed by atoms with Crippen molar-refractivity contribution in [2.45, 2.75) is 130 Å². The molecule has 4 nitrogen and oxygen atoms in total. The quantitative estimate of drug-likeness (QED) is 0.272. The van der Waals surface area contributed by atoms with Gasteiger partial charge in [-0.2, -0.15) is 0 Å². The Morgan fingerprint density at radius 1 is 0.929 bits per heavy atom. The van der Waals surface area contributed by atoms with Crippen LogP contribution >= 0.6 is 15.9 Å². The summed E-state index contributed by atoms with van der Waals surface area (Å²) in [6.07, 6.45) is 9.22. The lowest BCUT2D eigenvalue weighted by molar-refractivity contribution is -0.228. The Bertz CT molecular complexity index is 1230. The van der Waals surface area contributed by atoms with Gasteiger partial charge in [-0.1, -0.05) is 62.7 Å². The first kappa shape index (κ1) is 32.4. The Morgan fingerprint density at radius 2 is 1.55 bits per heavy atom. The number of Topliss-reactive ketones (excluding diaryl/α,β-unsaturated/α-hetero) is 1. The Kier molecular flexibility index (Phi) is 8.12. The topological polar surface area (TPSA) is 77.8 Å². The first-order valence-electron chi connectivity index (χ1n) is 16.4. The van der Waals surface area contributed by atoms with E-state index in [-0.39, 0.29) is 39.8 Å². The Morgan fingerprint density at radius 3 is 2.17 bits per heavy atom. The molecule has 1 aromatic carbocycles. The van der Waals surface area contributed by atoms with Crippen LogP contribution in [0.2, 0.25) is 0 Å². The van der Waals surface area contributed by atoms with Crippen LogP contribution in [0.5, 0.6) is 0 Å². The molecule has 9 atom stereocenters. The van der Waals surface area contributed by atoms with Gasteiger partial charge in [0, 0.05) is 9.89 Å². The Labute approximate surface area is 262 Å². The van der Waals surface area contributed by atoms with Gasteiger partial charge < -0.3 is 15.3 Å². The average Bonchev–Trinajstić information content (AvgIpc) is 3.25. The molecule has 0 saturated heterocycles. The molecular weight excluding hydrogens is 588 g/mol. The second-order valence-electron chi connectivity index (χ2n) is 16.9. The minimum Gasteiger partial charge on any atom is -0.393 e. The highest BCUT2D eigenvalue weighted by Crippen LogP contribution is 2.75. The van der Waals surface area contributed by atoms with E-state index in [1.807, 2.05) is 32.9 Å². The number of benzene rings is 1. The van der Waals surface area contributed by atoms with Crippen molar-refractivity contribution in [1.29, 1.82) is 0 Å². The molecule has 0 unspecified atom stereocenters. The standard InChI is InChI=1S/C37H55BrO4/c1-32(2,41)16-9-17-37(8,42)26-14-18-36(7)30(26)27(39)21-29-34(5)22-24(20-23-10-12-25(38)13-11-23)31(40)33(3,4)28(34)15-19-35(29,36)6/h10-13,20,26-30,39,41-42H,9,14-19,21-22H2,1-8H3/b24-20+/t26-,27+,28-,29+,30-,34-,35+,36+,37+/m0/s1. The third-order valence-corrected chi connectivity index (χ3v) is 14.0. The first-order valence-corrected chi connectivity index (χ1v) is 17.2. The molecule has 42 heavy (non-hydrogen) atoms. The van der Waals surface area contributed by atoms with E-state index in [2.05, 4.69) is 68.8 Å². The SMILES string of the molecule is CC(C)(O)CCC[C@@](C)(O)[C@H]1CC[C@]2(C)[C@@H]1[C@H](O)C[C@@H]1[C@@]3(C)C/C(=C\c4ccc(Br)cc4)C(=O)C(C)(C)[C@@H]3CC[C@]12C. The van der Waals surface area contributed by atoms with E-state index in [1.165, 1.54) is 0 Å². The lowest BCUT2D eigenvalue weighted by Gasteiger charge is -2.70. The van der Waals surface area contributed by atoms with Gasteiger partial charge in [0.2, 0.25) is 0 Å². The molecule has 0 amide bonds. The Balaban J connectivity index is 1.48. The number of carbonyl (C=O) groups excluding carboxylic acids is 1. The largest absolute Gasteiger partial charge is 0.393 e. The number of aliphatic hydroxyl groups excluding tert-OH is 1. The lowest BCUT2D eigenvalue weighted by Crippen LogP contribution is -2.66. The number of allylic oxidation sites excluding steroid dienone is 1. The molecule has 234 valence electrons. The van der Waals surface area contributed by atoms with Gasteiger partial charge >= 0.3 is 0 Å². The average molecular weight is 644 g/mol. The summed E-state index contributed by atoms with van der Waals surface area (Å²) in [6, 6.07) is 8.20. The maximum absolute atomic E-state index is 14.0. The van der Waals surface area contributed by atoms with Gasteiger partial charge in [0.15, 0.2) is 5.78 Å². The summed E-state index contributed by atoms with van der Waals surface area (Å²) >= 11 is 3.53. The summed E-state index contributed by atoms with van der Waals surface area (Å²) in [6.45, 7) is 17.3. The van der Waals surface area contributed by atoms with Gasteiger partial charge in [-0.15, -0.1) is 0 Å². The Hall–Kier alpha value is -1.01. The van der Waals surface area contributed by atoms with Crippen LogP contribution < -0.4 is 0 Å². The third kappa shape index (κ3) is 5.11. The molecule has 0 bridgehead atoms. The van der Waals surface area contributed by atoms with Crippen molar-refractivity contribution >= 4 is 27.8 Å². The van der Waals surface area contributed by atoms with Gasteiger partial charge in [-0.25, -0.2) is 0 Å². The summed E-state index contributed by atoms with van der Waals surface area (Å²) in [5.74, 6) is 0.929. The normalized spacial score (nSPS) is 42.0. The lowest BCUT2D eigenvalue weighted by atomic mass is 9.35. The van der Waals surface area contributed by atoms with Crippen molar-refractivity contribution in [2.24, 2.45) is 45.3 Å². The maximum atomic E-state index is 14.0. The molecule has 0 aliphatic heterocycles. The van der Waals surface area contributed by atoms with Crippen molar-refractivity contribution in [3.63, 3.8) is 0 Å². The highest BCUT2D eigenvalue weighted by atomic mass is 79.9. The van der Waals surface area contributed by atoms with Crippen molar-refractivity contribution in [3.8, 4) is 0 Å². The van der Waals surface area contributed by atoms with Crippen LogP contribution in [-0.2, 0) is 4.79 Å². The molecule has 0 aromatic heterocycles. The third-order valence-electron chi connectivity index (χ3n) is 13.5. The second kappa shape index (κ2) is 10.5. The van der Waals surface area contributed by atoms with Crippen LogP contribution in [-0.4, -0.2) is 38.4 Å². The van der Waals surface area contributed by atoms with E-state index in [1.54, 1.807) is 0 Å². The minimum absolute atomic E-state index is 0.0131. The van der Waals surface area contributed by atoms with Gasteiger partial charge in [0.1, 0.15) is 0 Å². The van der Waals surface area contributed by atoms with E-state index in [4.69, 9.17) is 0 Å². The zero-order valence-corrected chi connectivity index (χ0v) is 28.9. The van der Waals surface area contributed by atoms with E-state index >= 15 is 0 Å². The highest BCUT2D eigenvalue weighted by molar-refractivity contribution is 9.10. The zero-order valence-electron chi connectivity index (χ0n) is 27.3. The first-order chi connectivity index (χ1) is 19.3. The van der Waals surface area contributed by atoms with Gasteiger partial charge in [0.05, 0.1) is 17.3 Å². The van der Waals surface area contributed by atoms with E-state index in [0.717, 1.165) is 60.6 Å². The number of halogens is 1. The number of hydrogen-bond donors (Lipinski definition) is 3. The van der Waals surface area contributed by atoms with E-state index < -0.39 is 22.7 Å². The van der Waals surface area contributed by atoms with E-state index in [0.29, 0.717) is 18.8 Å². The molecule has 3 N–H and O–H groups in total. The number of fused-ring (bicyclic) bond motifs is 5. The number of hydrogen-bond acceptors (Lipinski definition) is 4. The molecule has 4 saturated carbocycles. The van der Waals surface area contributed by atoms with Crippen LogP contribution in [0.3, 0.4) is 0 Å². The minimum atomic E-state index is -0.876. The zero-order chi connectivity index (χ0) is 31.1. The number of aliphatic hydroxyl groups is 3.